The van der Waals surface area contributed by atoms with Crippen molar-refractivity contribution in [3.05, 3.63) is 44.5 Å². The van der Waals surface area contributed by atoms with Crippen molar-refractivity contribution < 1.29 is 23.9 Å². The molecule has 0 aliphatic heterocycles. The Morgan fingerprint density at radius 1 is 1.19 bits per heavy atom. The number of carbonyl (C=O) groups excluding carboxylic acids is 3. The molecule has 0 aromatic carbocycles. The number of allylic oxidation sites excluding steroid dienone is 1. The van der Waals surface area contributed by atoms with E-state index in [9.17, 15) is 14.4 Å². The molecule has 3 aromatic rings. The fourth-order valence-corrected chi connectivity index (χ4v) is 7.10. The van der Waals surface area contributed by atoms with Gasteiger partial charge in [-0.2, -0.15) is 0 Å². The predicted molar refractivity (Wildman–Crippen MR) is 141 cm³/mol. The van der Waals surface area contributed by atoms with Gasteiger partial charge in [-0.3, -0.25) is 9.36 Å². The molecule has 1 amide bonds. The van der Waals surface area contributed by atoms with Crippen LogP contribution in [0.25, 0.3) is 11.4 Å². The molecular formula is C24H26N4O5S3. The van der Waals surface area contributed by atoms with Crippen LogP contribution in [0.2, 0.25) is 0 Å². The Bertz CT molecular complexity index is 1320. The Morgan fingerprint density at radius 3 is 2.67 bits per heavy atom. The summed E-state index contributed by atoms with van der Waals surface area (Å²) in [5.74, 6) is -0.774. The Balaban J connectivity index is 1.53. The number of rotatable bonds is 9. The van der Waals surface area contributed by atoms with Crippen molar-refractivity contribution in [1.82, 2.24) is 14.8 Å². The monoisotopic (exact) mass is 546 g/mol. The van der Waals surface area contributed by atoms with Crippen molar-refractivity contribution in [3.63, 3.8) is 0 Å². The molecule has 36 heavy (non-hydrogen) atoms. The second-order valence-corrected chi connectivity index (χ2v) is 11.0. The van der Waals surface area contributed by atoms with Gasteiger partial charge in [0.05, 0.1) is 25.5 Å². The number of aromatic nitrogens is 3. The average molecular weight is 547 g/mol. The van der Waals surface area contributed by atoms with Gasteiger partial charge in [-0.15, -0.1) is 39.4 Å². The van der Waals surface area contributed by atoms with Gasteiger partial charge in [0.2, 0.25) is 5.91 Å². The van der Waals surface area contributed by atoms with Gasteiger partial charge in [0.1, 0.15) is 9.88 Å². The molecule has 0 unspecified atom stereocenters. The third-order valence-corrected chi connectivity index (χ3v) is 9.07. The summed E-state index contributed by atoms with van der Waals surface area (Å²) in [6.07, 6.45) is 6.30. The summed E-state index contributed by atoms with van der Waals surface area (Å²) < 4.78 is 11.6. The third kappa shape index (κ3) is 5.11. The Hall–Kier alpha value is -2.96. The number of thiophene rings is 2. The molecule has 9 nitrogen and oxygen atoms in total. The molecule has 190 valence electrons. The van der Waals surface area contributed by atoms with Crippen molar-refractivity contribution in [2.75, 3.05) is 25.3 Å². The minimum Gasteiger partial charge on any atom is -0.465 e. The number of thioether (sulfide) groups is 1. The van der Waals surface area contributed by atoms with Crippen molar-refractivity contribution in [1.29, 1.82) is 0 Å². The highest BCUT2D eigenvalue weighted by molar-refractivity contribution is 7.99. The lowest BCUT2D eigenvalue weighted by molar-refractivity contribution is -0.113. The van der Waals surface area contributed by atoms with Gasteiger partial charge >= 0.3 is 11.9 Å². The van der Waals surface area contributed by atoms with E-state index in [1.165, 1.54) is 49.3 Å². The minimum absolute atomic E-state index is 0.0299. The van der Waals surface area contributed by atoms with E-state index in [1.807, 2.05) is 4.57 Å². The number of amides is 1. The molecule has 3 heterocycles. The van der Waals surface area contributed by atoms with E-state index in [0.29, 0.717) is 17.3 Å². The fourth-order valence-electron chi connectivity index (χ4n) is 4.10. The molecule has 0 fully saturated rings. The second-order valence-electron chi connectivity index (χ2n) is 8.04. The number of hydrogen-bond acceptors (Lipinski definition) is 10. The number of ether oxygens (including phenoxy) is 2. The zero-order valence-corrected chi connectivity index (χ0v) is 22.7. The van der Waals surface area contributed by atoms with E-state index in [4.69, 9.17) is 9.47 Å². The van der Waals surface area contributed by atoms with Crippen LogP contribution < -0.4 is 5.32 Å². The average Bonchev–Trinajstić information content (AvgIpc) is 3.57. The summed E-state index contributed by atoms with van der Waals surface area (Å²) in [7, 11) is 2.50. The first-order valence-electron chi connectivity index (χ1n) is 11.3. The lowest BCUT2D eigenvalue weighted by Crippen LogP contribution is -2.16. The number of hydrogen-bond donors (Lipinski definition) is 1. The molecule has 0 spiro atoms. The predicted octanol–water partition coefficient (Wildman–Crippen LogP) is 4.75. The molecule has 0 radical (unpaired) electrons. The van der Waals surface area contributed by atoms with Crippen LogP contribution in [-0.2, 0) is 33.7 Å². The maximum atomic E-state index is 12.8. The molecule has 12 heteroatoms. The molecule has 1 N–H and O–H groups in total. The number of carbonyl (C=O) groups is 3. The highest BCUT2D eigenvalue weighted by Crippen LogP contribution is 2.37. The summed E-state index contributed by atoms with van der Waals surface area (Å²) in [5, 5.41) is 14.5. The van der Waals surface area contributed by atoms with Crippen LogP contribution in [0.1, 0.15) is 48.9 Å². The summed E-state index contributed by atoms with van der Waals surface area (Å²) in [4.78, 5) is 38.9. The highest BCUT2D eigenvalue weighted by atomic mass is 32.2. The van der Waals surface area contributed by atoms with Gasteiger partial charge in [0.15, 0.2) is 11.0 Å². The van der Waals surface area contributed by atoms with E-state index in [1.54, 1.807) is 24.3 Å². The highest BCUT2D eigenvalue weighted by Gasteiger charge is 2.27. The van der Waals surface area contributed by atoms with E-state index < -0.39 is 11.9 Å². The zero-order chi connectivity index (χ0) is 25.8. The Morgan fingerprint density at radius 2 is 1.94 bits per heavy atom. The lowest BCUT2D eigenvalue weighted by Gasteiger charge is -2.13. The van der Waals surface area contributed by atoms with Crippen LogP contribution in [0.5, 0.6) is 0 Å². The standard InChI is InChI=1S/C24H26N4O5S3/c1-5-10-28-20(15-11-34-16-9-7-6-8-14(15)16)26-27-24(28)35-12-17(29)25-21-18(22(30)32-3)13(2)19(36-21)23(31)33-4/h5,11H,1,6-10,12H2,2-4H3,(H,25,29). The number of anilines is 1. The van der Waals surface area contributed by atoms with Crippen molar-refractivity contribution in [3.8, 4) is 11.4 Å². The van der Waals surface area contributed by atoms with Gasteiger partial charge in [-0.25, -0.2) is 9.59 Å². The van der Waals surface area contributed by atoms with Gasteiger partial charge in [0.25, 0.3) is 0 Å². The summed E-state index contributed by atoms with van der Waals surface area (Å²) in [5.41, 5.74) is 2.99. The molecular weight excluding hydrogens is 520 g/mol. The maximum absolute atomic E-state index is 12.8. The van der Waals surface area contributed by atoms with Crippen LogP contribution in [0.15, 0.2) is 23.2 Å². The zero-order valence-electron chi connectivity index (χ0n) is 20.2. The van der Waals surface area contributed by atoms with Crippen molar-refractivity contribution >= 4 is 57.3 Å². The van der Waals surface area contributed by atoms with Gasteiger partial charge in [-0.1, -0.05) is 17.8 Å². The topological polar surface area (TPSA) is 112 Å². The normalized spacial score (nSPS) is 12.6. The summed E-state index contributed by atoms with van der Waals surface area (Å²) in [6, 6.07) is 0. The van der Waals surface area contributed by atoms with E-state index in [2.05, 4.69) is 27.5 Å². The van der Waals surface area contributed by atoms with Crippen LogP contribution >= 0.6 is 34.4 Å². The molecule has 1 aliphatic rings. The molecule has 0 atom stereocenters. The van der Waals surface area contributed by atoms with Crippen molar-refractivity contribution in [2.45, 2.75) is 44.3 Å². The van der Waals surface area contributed by atoms with Gasteiger partial charge < -0.3 is 14.8 Å². The molecule has 3 aromatic heterocycles. The number of nitrogens with one attached hydrogen (secondary N) is 1. The summed E-state index contributed by atoms with van der Waals surface area (Å²) in [6.45, 7) is 5.98. The first kappa shape index (κ1) is 26.1. The SMILES string of the molecule is C=CCn1c(SCC(=O)Nc2sc(C(=O)OC)c(C)c2C(=O)OC)nnc1-c1csc2c1CCCC2. The number of aryl methyl sites for hydroxylation is 1. The van der Waals surface area contributed by atoms with Crippen molar-refractivity contribution in [2.24, 2.45) is 0 Å². The number of esters is 2. The minimum atomic E-state index is -0.642. The molecule has 1 aliphatic carbocycles. The van der Waals surface area contributed by atoms with Gasteiger partial charge in [0, 0.05) is 22.4 Å². The number of nitrogens with zero attached hydrogens (tertiary/aromatic N) is 3. The third-order valence-electron chi connectivity index (χ3n) is 5.82. The summed E-state index contributed by atoms with van der Waals surface area (Å²) >= 11 is 3.99. The molecule has 0 saturated carbocycles. The smallest absolute Gasteiger partial charge is 0.348 e. The largest absolute Gasteiger partial charge is 0.465 e. The molecule has 0 saturated heterocycles. The quantitative estimate of drug-likeness (QED) is 0.233. The molecule has 4 rings (SSSR count). The first-order chi connectivity index (χ1) is 17.4. The Kier molecular flexibility index (Phi) is 8.27. The Labute approximate surface area is 220 Å². The van der Waals surface area contributed by atoms with Gasteiger partial charge in [-0.05, 0) is 43.7 Å². The van der Waals surface area contributed by atoms with Crippen LogP contribution in [-0.4, -0.2) is 52.6 Å². The van der Waals surface area contributed by atoms with Crippen LogP contribution in [0.3, 0.4) is 0 Å². The van der Waals surface area contributed by atoms with Crippen LogP contribution in [0, 0.1) is 6.92 Å². The van der Waals surface area contributed by atoms with Crippen LogP contribution in [0.4, 0.5) is 5.00 Å². The van der Waals surface area contributed by atoms with E-state index >= 15 is 0 Å². The fraction of sp³-hybridized carbons (Fsp3) is 0.375. The van der Waals surface area contributed by atoms with E-state index in [-0.39, 0.29) is 27.1 Å². The van der Waals surface area contributed by atoms with E-state index in [0.717, 1.165) is 35.6 Å². The first-order valence-corrected chi connectivity index (χ1v) is 13.9. The maximum Gasteiger partial charge on any atom is 0.348 e. The molecule has 0 bridgehead atoms. The second kappa shape index (κ2) is 11.4. The lowest BCUT2D eigenvalue weighted by atomic mass is 9.95. The number of methoxy groups -OCH3 is 2. The number of fused-ring (bicyclic) bond motifs is 1.